The minimum Gasteiger partial charge on any atom is -0.460 e. The number of ether oxygens (including phenoxy) is 5. The van der Waals surface area contributed by atoms with Gasteiger partial charge in [0.25, 0.3) is 0 Å². The number of esters is 1. The van der Waals surface area contributed by atoms with Gasteiger partial charge in [-0.2, -0.15) is 0 Å². The van der Waals surface area contributed by atoms with Crippen molar-refractivity contribution in [3.63, 3.8) is 0 Å². The molecule has 3 rings (SSSR count). The number of hydrogen-bond acceptors (Lipinski definition) is 6. The van der Waals surface area contributed by atoms with Gasteiger partial charge in [0.2, 0.25) is 6.29 Å². The van der Waals surface area contributed by atoms with Crippen LogP contribution in [-0.4, -0.2) is 37.4 Å². The van der Waals surface area contributed by atoms with E-state index in [4.69, 9.17) is 23.7 Å². The molecule has 118 valence electrons. The summed E-state index contributed by atoms with van der Waals surface area (Å²) in [6.45, 7) is 3.62. The lowest BCUT2D eigenvalue weighted by Crippen LogP contribution is -2.30. The summed E-state index contributed by atoms with van der Waals surface area (Å²) in [5, 5.41) is 0. The Labute approximate surface area is 128 Å². The molecular formula is C16H18O6. The van der Waals surface area contributed by atoms with E-state index in [-0.39, 0.29) is 6.10 Å². The van der Waals surface area contributed by atoms with E-state index in [1.165, 1.54) is 13.4 Å². The van der Waals surface area contributed by atoms with Crippen LogP contribution < -0.4 is 0 Å². The molecule has 3 atom stereocenters. The zero-order valence-electron chi connectivity index (χ0n) is 12.6. The van der Waals surface area contributed by atoms with Gasteiger partial charge < -0.3 is 23.7 Å². The molecule has 0 radical (unpaired) electrons. The van der Waals surface area contributed by atoms with Crippen molar-refractivity contribution < 1.29 is 28.5 Å². The standard InChI is InChI=1S/C16H18O6/c1-16(2)21-12-11(20-15(18-3)13(12)22-16)9-19-14(17)10-7-5-4-6-8-10/h4-9,12-13,15H,1-3H3/t12?,13-,15+/m0/s1. The SMILES string of the molecule is CO[C@@H]1OC(=COC(=O)c2ccccc2)C2OC(C)(C)O[C@@H]21. The summed E-state index contributed by atoms with van der Waals surface area (Å²) in [6.07, 6.45) is -0.171. The highest BCUT2D eigenvalue weighted by molar-refractivity contribution is 5.89. The van der Waals surface area contributed by atoms with Gasteiger partial charge in [-0.1, -0.05) is 18.2 Å². The Kier molecular flexibility index (Phi) is 3.90. The van der Waals surface area contributed by atoms with Gasteiger partial charge in [-0.3, -0.25) is 0 Å². The molecule has 0 N–H and O–H groups in total. The highest BCUT2D eigenvalue weighted by Gasteiger charge is 2.54. The fraction of sp³-hybridized carbons (Fsp3) is 0.438. The van der Waals surface area contributed by atoms with Gasteiger partial charge in [0, 0.05) is 7.11 Å². The third-order valence-electron chi connectivity index (χ3n) is 3.45. The van der Waals surface area contributed by atoms with E-state index in [0.717, 1.165) is 0 Å². The van der Waals surface area contributed by atoms with Crippen LogP contribution in [0.15, 0.2) is 42.4 Å². The number of fused-ring (bicyclic) bond motifs is 1. The Bertz CT molecular complexity index is 580. The van der Waals surface area contributed by atoms with Crippen LogP contribution in [-0.2, 0) is 23.7 Å². The van der Waals surface area contributed by atoms with Crippen molar-refractivity contribution in [3.8, 4) is 0 Å². The Hall–Kier alpha value is -1.89. The Morgan fingerprint density at radius 3 is 2.64 bits per heavy atom. The lowest BCUT2D eigenvalue weighted by atomic mass is 10.2. The quantitative estimate of drug-likeness (QED) is 0.630. The summed E-state index contributed by atoms with van der Waals surface area (Å²) < 4.78 is 27.5. The molecule has 0 aromatic heterocycles. The highest BCUT2D eigenvalue weighted by Crippen LogP contribution is 2.40. The molecule has 2 fully saturated rings. The molecule has 2 aliphatic rings. The zero-order chi connectivity index (χ0) is 15.7. The molecular weight excluding hydrogens is 288 g/mol. The number of carbonyl (C=O) groups excluding carboxylic acids is 1. The minimum absolute atomic E-state index is 0.381. The third-order valence-corrected chi connectivity index (χ3v) is 3.45. The average Bonchev–Trinajstić information content (AvgIpc) is 2.99. The maximum Gasteiger partial charge on any atom is 0.343 e. The van der Waals surface area contributed by atoms with Crippen LogP contribution in [0.3, 0.4) is 0 Å². The summed E-state index contributed by atoms with van der Waals surface area (Å²) >= 11 is 0. The van der Waals surface area contributed by atoms with E-state index < -0.39 is 24.2 Å². The normalized spacial score (nSPS) is 30.9. The second-order valence-corrected chi connectivity index (χ2v) is 5.53. The first-order chi connectivity index (χ1) is 10.5. The largest absolute Gasteiger partial charge is 0.460 e. The van der Waals surface area contributed by atoms with Gasteiger partial charge in [-0.25, -0.2) is 4.79 Å². The Morgan fingerprint density at radius 1 is 1.23 bits per heavy atom. The first-order valence-corrected chi connectivity index (χ1v) is 7.01. The number of rotatable bonds is 3. The van der Waals surface area contributed by atoms with E-state index in [9.17, 15) is 4.79 Å². The van der Waals surface area contributed by atoms with Gasteiger partial charge in [0.15, 0.2) is 23.8 Å². The predicted molar refractivity (Wildman–Crippen MR) is 75.6 cm³/mol. The predicted octanol–water partition coefficient (Wildman–Crippen LogP) is 2.21. The lowest BCUT2D eigenvalue weighted by molar-refractivity contribution is -0.202. The average molecular weight is 306 g/mol. The second kappa shape index (κ2) is 5.72. The summed E-state index contributed by atoms with van der Waals surface area (Å²) in [7, 11) is 1.52. The Morgan fingerprint density at radius 2 is 1.95 bits per heavy atom. The molecule has 22 heavy (non-hydrogen) atoms. The van der Waals surface area contributed by atoms with Crippen molar-refractivity contribution in [2.24, 2.45) is 0 Å². The summed E-state index contributed by atoms with van der Waals surface area (Å²) in [4.78, 5) is 11.9. The molecule has 2 aliphatic heterocycles. The first kappa shape index (κ1) is 15.0. The van der Waals surface area contributed by atoms with Crippen LogP contribution in [0, 0.1) is 0 Å². The van der Waals surface area contributed by atoms with Crippen LogP contribution in [0.25, 0.3) is 0 Å². The monoisotopic (exact) mass is 306 g/mol. The van der Waals surface area contributed by atoms with Gasteiger partial charge in [-0.05, 0) is 26.0 Å². The fourth-order valence-corrected chi connectivity index (χ4v) is 2.51. The van der Waals surface area contributed by atoms with E-state index in [1.54, 1.807) is 24.3 Å². The smallest absolute Gasteiger partial charge is 0.343 e. The highest BCUT2D eigenvalue weighted by atomic mass is 16.8. The molecule has 6 nitrogen and oxygen atoms in total. The van der Waals surface area contributed by atoms with Gasteiger partial charge >= 0.3 is 5.97 Å². The van der Waals surface area contributed by atoms with Crippen molar-refractivity contribution in [1.29, 1.82) is 0 Å². The number of methoxy groups -OCH3 is 1. The summed E-state index contributed by atoms with van der Waals surface area (Å²) in [5.74, 6) is -0.822. The van der Waals surface area contributed by atoms with Crippen LogP contribution in [0.1, 0.15) is 24.2 Å². The molecule has 2 saturated heterocycles. The van der Waals surface area contributed by atoms with E-state index in [1.807, 2.05) is 19.9 Å². The van der Waals surface area contributed by atoms with Crippen LogP contribution in [0.4, 0.5) is 0 Å². The topological polar surface area (TPSA) is 63.2 Å². The fourth-order valence-electron chi connectivity index (χ4n) is 2.51. The van der Waals surface area contributed by atoms with Crippen molar-refractivity contribution in [3.05, 3.63) is 47.9 Å². The molecule has 6 heteroatoms. The molecule has 1 aromatic carbocycles. The summed E-state index contributed by atoms with van der Waals surface area (Å²) in [6, 6.07) is 8.71. The van der Waals surface area contributed by atoms with Crippen molar-refractivity contribution in [1.82, 2.24) is 0 Å². The van der Waals surface area contributed by atoms with Crippen molar-refractivity contribution in [2.45, 2.75) is 38.1 Å². The Balaban J connectivity index is 1.73. The maximum absolute atomic E-state index is 11.9. The molecule has 1 aromatic rings. The molecule has 0 saturated carbocycles. The minimum atomic E-state index is -0.738. The number of benzene rings is 1. The van der Waals surface area contributed by atoms with E-state index in [2.05, 4.69) is 0 Å². The van der Waals surface area contributed by atoms with Crippen LogP contribution in [0.2, 0.25) is 0 Å². The summed E-state index contributed by atoms with van der Waals surface area (Å²) in [5.41, 5.74) is 0.459. The maximum atomic E-state index is 11.9. The van der Waals surface area contributed by atoms with Crippen LogP contribution >= 0.6 is 0 Å². The first-order valence-electron chi connectivity index (χ1n) is 7.01. The van der Waals surface area contributed by atoms with E-state index in [0.29, 0.717) is 11.3 Å². The number of hydrogen-bond donors (Lipinski definition) is 0. The zero-order valence-corrected chi connectivity index (χ0v) is 12.6. The molecule has 0 aliphatic carbocycles. The van der Waals surface area contributed by atoms with Gasteiger partial charge in [-0.15, -0.1) is 0 Å². The molecule has 0 spiro atoms. The molecule has 2 heterocycles. The van der Waals surface area contributed by atoms with Crippen LogP contribution in [0.5, 0.6) is 0 Å². The number of carbonyl (C=O) groups is 1. The second-order valence-electron chi connectivity index (χ2n) is 5.53. The van der Waals surface area contributed by atoms with Crippen molar-refractivity contribution >= 4 is 5.97 Å². The molecule has 0 bridgehead atoms. The van der Waals surface area contributed by atoms with Gasteiger partial charge in [0.1, 0.15) is 6.26 Å². The van der Waals surface area contributed by atoms with E-state index >= 15 is 0 Å². The van der Waals surface area contributed by atoms with Gasteiger partial charge in [0.05, 0.1) is 5.56 Å². The molecule has 0 amide bonds. The molecule has 1 unspecified atom stereocenters. The third kappa shape index (κ3) is 2.85. The van der Waals surface area contributed by atoms with Crippen molar-refractivity contribution in [2.75, 3.05) is 7.11 Å². The lowest BCUT2D eigenvalue weighted by Gasteiger charge is -2.21.